The molecule has 0 saturated carbocycles. The second-order valence-electron chi connectivity index (χ2n) is 6.71. The summed E-state index contributed by atoms with van der Waals surface area (Å²) < 4.78 is 11.5. The van der Waals surface area contributed by atoms with Crippen LogP contribution in [0.15, 0.2) is 0 Å². The van der Waals surface area contributed by atoms with E-state index in [1.807, 2.05) is 25.7 Å². The fourth-order valence-corrected chi connectivity index (χ4v) is 2.72. The monoisotopic (exact) mass is 269 g/mol. The number of hydrogen-bond acceptors (Lipinski definition) is 3. The van der Waals surface area contributed by atoms with Crippen LogP contribution in [-0.4, -0.2) is 49.3 Å². The van der Waals surface area contributed by atoms with Crippen molar-refractivity contribution in [3.05, 3.63) is 0 Å². The normalized spacial score (nSPS) is 25.8. The molecule has 4 nitrogen and oxygen atoms in total. The van der Waals surface area contributed by atoms with Crippen molar-refractivity contribution in [3.63, 3.8) is 0 Å². The Morgan fingerprint density at radius 1 is 1.26 bits per heavy atom. The predicted molar refractivity (Wildman–Crippen MR) is 74.0 cm³/mol. The van der Waals surface area contributed by atoms with Gasteiger partial charge >= 0.3 is 0 Å². The summed E-state index contributed by atoms with van der Waals surface area (Å²) in [5.74, 6) is 0.255. The summed E-state index contributed by atoms with van der Waals surface area (Å²) in [5.41, 5.74) is -0.272. The molecule has 2 heterocycles. The van der Waals surface area contributed by atoms with E-state index in [0.717, 1.165) is 52.0 Å². The summed E-state index contributed by atoms with van der Waals surface area (Å²) in [6.45, 7) is 9.20. The Kier molecular flexibility index (Phi) is 4.85. The molecule has 0 aromatic rings. The summed E-state index contributed by atoms with van der Waals surface area (Å²) in [5, 5.41) is 0. The molecule has 0 aromatic heterocycles. The highest BCUT2D eigenvalue weighted by molar-refractivity contribution is 5.81. The standard InChI is InChI=1S/C15H27NO3/c1-15(2,3)14(17)16-8-6-12(7-9-16)19-11-13-5-4-10-18-13/h12-13H,4-11H2,1-3H3/t13-/m1/s1. The van der Waals surface area contributed by atoms with E-state index in [-0.39, 0.29) is 11.3 Å². The molecule has 0 aromatic carbocycles. The third-order valence-corrected chi connectivity index (χ3v) is 3.91. The molecule has 0 bridgehead atoms. The van der Waals surface area contributed by atoms with Crippen LogP contribution in [0.1, 0.15) is 46.5 Å². The van der Waals surface area contributed by atoms with Gasteiger partial charge in [-0.05, 0) is 25.7 Å². The van der Waals surface area contributed by atoms with Crippen molar-refractivity contribution in [1.29, 1.82) is 0 Å². The van der Waals surface area contributed by atoms with Gasteiger partial charge in [0.05, 0.1) is 18.8 Å². The van der Waals surface area contributed by atoms with Crippen molar-refractivity contribution in [3.8, 4) is 0 Å². The zero-order chi connectivity index (χ0) is 13.9. The van der Waals surface area contributed by atoms with Crippen LogP contribution >= 0.6 is 0 Å². The molecule has 2 rings (SSSR count). The Morgan fingerprint density at radius 2 is 1.95 bits per heavy atom. The second kappa shape index (κ2) is 6.23. The summed E-state index contributed by atoms with van der Waals surface area (Å²) >= 11 is 0. The van der Waals surface area contributed by atoms with Crippen LogP contribution in [0.2, 0.25) is 0 Å². The number of nitrogens with zero attached hydrogens (tertiary/aromatic N) is 1. The molecule has 1 amide bonds. The van der Waals surface area contributed by atoms with Crippen LogP contribution in [-0.2, 0) is 14.3 Å². The average Bonchev–Trinajstić information content (AvgIpc) is 2.88. The molecular weight excluding hydrogens is 242 g/mol. The number of likely N-dealkylation sites (tertiary alicyclic amines) is 1. The molecule has 19 heavy (non-hydrogen) atoms. The zero-order valence-corrected chi connectivity index (χ0v) is 12.5. The van der Waals surface area contributed by atoms with Crippen LogP contribution in [0.25, 0.3) is 0 Å². The number of carbonyl (C=O) groups is 1. The van der Waals surface area contributed by atoms with Gasteiger partial charge in [0.25, 0.3) is 0 Å². The molecule has 4 heteroatoms. The first kappa shape index (κ1) is 14.8. The minimum Gasteiger partial charge on any atom is -0.376 e. The molecule has 2 aliphatic heterocycles. The number of piperidine rings is 1. The van der Waals surface area contributed by atoms with Gasteiger partial charge in [-0.1, -0.05) is 20.8 Å². The molecule has 1 atom stereocenters. The largest absolute Gasteiger partial charge is 0.376 e. The number of rotatable bonds is 3. The SMILES string of the molecule is CC(C)(C)C(=O)N1CCC(OC[C@H]2CCCO2)CC1. The zero-order valence-electron chi connectivity index (χ0n) is 12.5. The molecule has 0 N–H and O–H groups in total. The van der Waals surface area contributed by atoms with Gasteiger partial charge in [-0.15, -0.1) is 0 Å². The Bertz CT molecular complexity index is 297. The highest BCUT2D eigenvalue weighted by atomic mass is 16.5. The number of ether oxygens (including phenoxy) is 2. The third kappa shape index (κ3) is 4.18. The molecule has 0 unspecified atom stereocenters. The number of amides is 1. The lowest BCUT2D eigenvalue weighted by atomic mass is 9.93. The number of carbonyl (C=O) groups excluding carboxylic acids is 1. The van der Waals surface area contributed by atoms with Crippen molar-refractivity contribution in [2.24, 2.45) is 5.41 Å². The minimum absolute atomic E-state index is 0.255. The first-order valence-electron chi connectivity index (χ1n) is 7.49. The van der Waals surface area contributed by atoms with Crippen LogP contribution in [0.3, 0.4) is 0 Å². The topological polar surface area (TPSA) is 38.8 Å². The third-order valence-electron chi connectivity index (χ3n) is 3.91. The lowest BCUT2D eigenvalue weighted by Gasteiger charge is -2.35. The maximum Gasteiger partial charge on any atom is 0.227 e. The minimum atomic E-state index is -0.272. The Labute approximate surface area is 116 Å². The number of hydrogen-bond donors (Lipinski definition) is 0. The second-order valence-corrected chi connectivity index (χ2v) is 6.71. The van der Waals surface area contributed by atoms with Gasteiger partial charge in [0.15, 0.2) is 0 Å². The lowest BCUT2D eigenvalue weighted by Crippen LogP contribution is -2.45. The van der Waals surface area contributed by atoms with E-state index in [1.54, 1.807) is 0 Å². The predicted octanol–water partition coefficient (Wildman–Crippen LogP) is 2.22. The molecule has 2 fully saturated rings. The van der Waals surface area contributed by atoms with Crippen molar-refractivity contribution >= 4 is 5.91 Å². The van der Waals surface area contributed by atoms with E-state index in [1.165, 1.54) is 0 Å². The summed E-state index contributed by atoms with van der Waals surface area (Å²) in [4.78, 5) is 14.1. The fourth-order valence-electron chi connectivity index (χ4n) is 2.72. The average molecular weight is 269 g/mol. The van der Waals surface area contributed by atoms with Crippen molar-refractivity contribution in [2.75, 3.05) is 26.3 Å². The van der Waals surface area contributed by atoms with Gasteiger partial charge in [-0.25, -0.2) is 0 Å². The van der Waals surface area contributed by atoms with Gasteiger partial charge in [-0.3, -0.25) is 4.79 Å². The summed E-state index contributed by atoms with van der Waals surface area (Å²) in [6, 6.07) is 0. The lowest BCUT2D eigenvalue weighted by molar-refractivity contribution is -0.142. The van der Waals surface area contributed by atoms with Crippen LogP contribution in [0.5, 0.6) is 0 Å². The van der Waals surface area contributed by atoms with E-state index in [9.17, 15) is 4.79 Å². The molecular formula is C15H27NO3. The Hall–Kier alpha value is -0.610. The Balaban J connectivity index is 1.68. The van der Waals surface area contributed by atoms with Gasteiger partial charge in [-0.2, -0.15) is 0 Å². The summed E-state index contributed by atoms with van der Waals surface area (Å²) in [6.07, 6.45) is 4.79. The van der Waals surface area contributed by atoms with Gasteiger partial charge in [0, 0.05) is 25.1 Å². The fraction of sp³-hybridized carbons (Fsp3) is 0.933. The first-order chi connectivity index (χ1) is 8.97. The van der Waals surface area contributed by atoms with Crippen molar-refractivity contribution in [1.82, 2.24) is 4.90 Å². The van der Waals surface area contributed by atoms with Crippen molar-refractivity contribution in [2.45, 2.75) is 58.7 Å². The molecule has 0 spiro atoms. The van der Waals surface area contributed by atoms with Gasteiger partial charge in [0.2, 0.25) is 5.91 Å². The van der Waals surface area contributed by atoms with E-state index in [0.29, 0.717) is 12.2 Å². The van der Waals surface area contributed by atoms with Gasteiger partial charge in [0.1, 0.15) is 0 Å². The van der Waals surface area contributed by atoms with E-state index in [4.69, 9.17) is 9.47 Å². The van der Waals surface area contributed by atoms with Crippen LogP contribution < -0.4 is 0 Å². The van der Waals surface area contributed by atoms with Crippen molar-refractivity contribution < 1.29 is 14.3 Å². The maximum absolute atomic E-state index is 12.2. The van der Waals surface area contributed by atoms with E-state index < -0.39 is 0 Å². The van der Waals surface area contributed by atoms with Crippen LogP contribution in [0.4, 0.5) is 0 Å². The van der Waals surface area contributed by atoms with E-state index >= 15 is 0 Å². The highest BCUT2D eigenvalue weighted by Crippen LogP contribution is 2.22. The molecule has 2 aliphatic rings. The van der Waals surface area contributed by atoms with Gasteiger partial charge < -0.3 is 14.4 Å². The van der Waals surface area contributed by atoms with Crippen LogP contribution in [0, 0.1) is 5.41 Å². The Morgan fingerprint density at radius 3 is 2.47 bits per heavy atom. The molecule has 110 valence electrons. The first-order valence-corrected chi connectivity index (χ1v) is 7.49. The maximum atomic E-state index is 12.2. The van der Waals surface area contributed by atoms with E-state index in [2.05, 4.69) is 0 Å². The molecule has 0 aliphatic carbocycles. The summed E-state index contributed by atoms with van der Waals surface area (Å²) in [7, 11) is 0. The molecule has 2 saturated heterocycles. The smallest absolute Gasteiger partial charge is 0.227 e. The molecule has 0 radical (unpaired) electrons. The highest BCUT2D eigenvalue weighted by Gasteiger charge is 2.30. The quantitative estimate of drug-likeness (QED) is 0.788.